The molecule has 0 saturated carbocycles. The first-order chi connectivity index (χ1) is 13.9. The Morgan fingerprint density at radius 3 is 2.33 bits per heavy atom. The highest BCUT2D eigenvalue weighted by atomic mass is 32.2. The minimum atomic E-state index is -4.93. The number of aromatic nitrogens is 1. The van der Waals surface area contributed by atoms with Gasteiger partial charge in [0.1, 0.15) is 22.2 Å². The molecular formula is C19H14F5NO4S. The van der Waals surface area contributed by atoms with E-state index in [-0.39, 0.29) is 33.7 Å². The summed E-state index contributed by atoms with van der Waals surface area (Å²) in [4.78, 5) is -0.553. The number of hydrogen-bond donors (Lipinski definition) is 0. The Bertz CT molecular complexity index is 1200. The van der Waals surface area contributed by atoms with Gasteiger partial charge in [-0.05, 0) is 36.2 Å². The summed E-state index contributed by atoms with van der Waals surface area (Å²) in [5.74, 6) is -1.86. The Hall–Kier alpha value is -2.95. The molecule has 3 rings (SSSR count). The highest BCUT2D eigenvalue weighted by Gasteiger charge is 2.32. The van der Waals surface area contributed by atoms with Gasteiger partial charge in [0.05, 0.1) is 5.56 Å². The van der Waals surface area contributed by atoms with Crippen molar-refractivity contribution in [2.75, 3.05) is 6.26 Å². The van der Waals surface area contributed by atoms with Crippen molar-refractivity contribution < 1.29 is 39.6 Å². The zero-order valence-corrected chi connectivity index (χ0v) is 16.4. The second-order valence-electron chi connectivity index (χ2n) is 6.41. The van der Waals surface area contributed by atoms with Crippen molar-refractivity contribution in [3.8, 4) is 28.1 Å². The van der Waals surface area contributed by atoms with E-state index in [0.717, 1.165) is 24.5 Å². The first-order valence-electron chi connectivity index (χ1n) is 8.32. The molecule has 0 radical (unpaired) electrons. The maximum Gasteiger partial charge on any atom is 0.573 e. The van der Waals surface area contributed by atoms with Gasteiger partial charge in [-0.3, -0.25) is 0 Å². The maximum absolute atomic E-state index is 14.3. The molecule has 0 saturated heterocycles. The van der Waals surface area contributed by atoms with Crippen LogP contribution in [0.3, 0.4) is 0 Å². The molecule has 0 unspecified atom stereocenters. The molecular weight excluding hydrogens is 433 g/mol. The lowest BCUT2D eigenvalue weighted by Crippen LogP contribution is -2.17. The van der Waals surface area contributed by atoms with E-state index in [4.69, 9.17) is 4.52 Å². The average molecular weight is 447 g/mol. The van der Waals surface area contributed by atoms with Gasteiger partial charge >= 0.3 is 6.36 Å². The molecule has 3 aromatic rings. The van der Waals surface area contributed by atoms with Gasteiger partial charge in [0.15, 0.2) is 22.3 Å². The monoisotopic (exact) mass is 447 g/mol. The summed E-state index contributed by atoms with van der Waals surface area (Å²) >= 11 is 0. The summed E-state index contributed by atoms with van der Waals surface area (Å²) < 4.78 is 97.8. The SMILES string of the molecule is Cc1ccc(-c2noc(CF)c2-c2ccc(S(C)(=O)=O)c(F)c2)cc1OC(F)(F)F. The Kier molecular flexibility index (Phi) is 5.59. The predicted octanol–water partition coefficient (Wildman–Crippen LogP) is 5.23. The van der Waals surface area contributed by atoms with Crippen LogP contribution in [0.5, 0.6) is 5.75 Å². The predicted molar refractivity (Wildman–Crippen MR) is 96.7 cm³/mol. The van der Waals surface area contributed by atoms with E-state index in [1.165, 1.54) is 25.1 Å². The molecule has 0 aliphatic heterocycles. The lowest BCUT2D eigenvalue weighted by atomic mass is 9.98. The molecule has 0 atom stereocenters. The molecule has 0 spiro atoms. The van der Waals surface area contributed by atoms with Crippen molar-refractivity contribution in [3.63, 3.8) is 0 Å². The highest BCUT2D eigenvalue weighted by Crippen LogP contribution is 2.38. The van der Waals surface area contributed by atoms with Gasteiger partial charge < -0.3 is 9.26 Å². The normalized spacial score (nSPS) is 12.2. The Balaban J connectivity index is 2.16. The number of alkyl halides is 4. The number of halogens is 5. The van der Waals surface area contributed by atoms with Crippen LogP contribution in [-0.2, 0) is 16.5 Å². The summed E-state index contributed by atoms with van der Waals surface area (Å²) in [7, 11) is -3.84. The lowest BCUT2D eigenvalue weighted by molar-refractivity contribution is -0.274. The first-order valence-corrected chi connectivity index (χ1v) is 10.2. The summed E-state index contributed by atoms with van der Waals surface area (Å²) in [5.41, 5.74) is 0.267. The molecule has 0 fully saturated rings. The second kappa shape index (κ2) is 7.71. The van der Waals surface area contributed by atoms with Gasteiger partial charge in [0.25, 0.3) is 0 Å². The van der Waals surface area contributed by atoms with E-state index < -0.39 is 39.3 Å². The van der Waals surface area contributed by atoms with E-state index in [1.807, 2.05) is 0 Å². The van der Waals surface area contributed by atoms with Gasteiger partial charge in [-0.1, -0.05) is 23.4 Å². The van der Waals surface area contributed by atoms with Gasteiger partial charge in [0, 0.05) is 11.8 Å². The van der Waals surface area contributed by atoms with Gasteiger partial charge in [-0.2, -0.15) is 0 Å². The summed E-state index contributed by atoms with van der Waals surface area (Å²) in [6, 6.07) is 6.92. The second-order valence-corrected chi connectivity index (χ2v) is 8.39. The fourth-order valence-electron chi connectivity index (χ4n) is 2.85. The third-order valence-electron chi connectivity index (χ3n) is 4.19. The average Bonchev–Trinajstić information content (AvgIpc) is 3.05. The number of benzene rings is 2. The third kappa shape index (κ3) is 4.45. The zero-order chi connectivity index (χ0) is 22.3. The van der Waals surface area contributed by atoms with Crippen molar-refractivity contribution in [1.29, 1.82) is 0 Å². The number of aryl methyl sites for hydroxylation is 1. The van der Waals surface area contributed by atoms with Crippen molar-refractivity contribution >= 4 is 9.84 Å². The van der Waals surface area contributed by atoms with Crippen LogP contribution in [0.15, 0.2) is 45.8 Å². The number of hydrogen-bond acceptors (Lipinski definition) is 5. The van der Waals surface area contributed by atoms with Crippen LogP contribution < -0.4 is 4.74 Å². The molecule has 30 heavy (non-hydrogen) atoms. The van der Waals surface area contributed by atoms with Crippen molar-refractivity contribution in [2.24, 2.45) is 0 Å². The van der Waals surface area contributed by atoms with E-state index in [2.05, 4.69) is 9.89 Å². The van der Waals surface area contributed by atoms with Crippen molar-refractivity contribution in [2.45, 2.75) is 24.9 Å². The van der Waals surface area contributed by atoms with Crippen LogP contribution >= 0.6 is 0 Å². The van der Waals surface area contributed by atoms with Crippen LogP contribution in [0.2, 0.25) is 0 Å². The van der Waals surface area contributed by atoms with Crippen LogP contribution in [0.4, 0.5) is 22.0 Å². The zero-order valence-electron chi connectivity index (χ0n) is 15.5. The van der Waals surface area contributed by atoms with Crippen LogP contribution in [-0.4, -0.2) is 26.2 Å². The standard InChI is InChI=1S/C19H14F5NO4S/c1-10-3-4-12(8-14(10)28-19(22,23)24)18-17(15(9-20)29-25-18)11-5-6-16(13(21)7-11)30(2,26)27/h3-8H,9H2,1-2H3. The topological polar surface area (TPSA) is 69.4 Å². The molecule has 0 bridgehead atoms. The van der Waals surface area contributed by atoms with Crippen LogP contribution in [0.1, 0.15) is 11.3 Å². The minimum Gasteiger partial charge on any atom is -0.405 e. The smallest absolute Gasteiger partial charge is 0.405 e. The summed E-state index contributed by atoms with van der Waals surface area (Å²) in [5, 5.41) is 3.71. The molecule has 2 aromatic carbocycles. The van der Waals surface area contributed by atoms with Gasteiger partial charge in [0.2, 0.25) is 0 Å². The Morgan fingerprint density at radius 2 is 1.77 bits per heavy atom. The molecule has 1 aromatic heterocycles. The first kappa shape index (κ1) is 21.8. The fourth-order valence-corrected chi connectivity index (χ4v) is 3.58. The van der Waals surface area contributed by atoms with E-state index in [0.29, 0.717) is 0 Å². The number of rotatable bonds is 5. The largest absolute Gasteiger partial charge is 0.573 e. The van der Waals surface area contributed by atoms with E-state index >= 15 is 0 Å². The molecule has 0 aliphatic rings. The van der Waals surface area contributed by atoms with Crippen LogP contribution in [0, 0.1) is 12.7 Å². The number of sulfone groups is 1. The maximum atomic E-state index is 14.3. The minimum absolute atomic E-state index is 0.0155. The highest BCUT2D eigenvalue weighted by molar-refractivity contribution is 7.90. The van der Waals surface area contributed by atoms with Crippen LogP contribution in [0.25, 0.3) is 22.4 Å². The molecule has 160 valence electrons. The molecule has 0 aliphatic carbocycles. The fraction of sp³-hybridized carbons (Fsp3) is 0.211. The van der Waals surface area contributed by atoms with Gasteiger partial charge in [-0.15, -0.1) is 13.2 Å². The van der Waals surface area contributed by atoms with Crippen molar-refractivity contribution in [1.82, 2.24) is 5.16 Å². The third-order valence-corrected chi connectivity index (χ3v) is 5.32. The Labute approximate surface area is 168 Å². The lowest BCUT2D eigenvalue weighted by Gasteiger charge is -2.12. The molecule has 0 N–H and O–H groups in total. The molecule has 5 nitrogen and oxygen atoms in total. The number of nitrogens with zero attached hydrogens (tertiary/aromatic N) is 1. The molecule has 11 heteroatoms. The van der Waals surface area contributed by atoms with E-state index in [9.17, 15) is 30.4 Å². The quantitative estimate of drug-likeness (QED) is 0.501. The Morgan fingerprint density at radius 1 is 1.10 bits per heavy atom. The number of ether oxygens (including phenoxy) is 1. The molecule has 0 amide bonds. The van der Waals surface area contributed by atoms with E-state index in [1.54, 1.807) is 0 Å². The summed E-state index contributed by atoms with van der Waals surface area (Å²) in [6.45, 7) is 0.274. The van der Waals surface area contributed by atoms with Gasteiger partial charge in [-0.25, -0.2) is 17.2 Å². The summed E-state index contributed by atoms with van der Waals surface area (Å²) in [6.07, 6.45) is -4.10. The molecule has 1 heterocycles. The van der Waals surface area contributed by atoms with Crippen molar-refractivity contribution in [3.05, 3.63) is 53.5 Å².